The summed E-state index contributed by atoms with van der Waals surface area (Å²) >= 11 is 6.22. The molecule has 0 spiro atoms. The number of benzene rings is 4. The van der Waals surface area contributed by atoms with Gasteiger partial charge in [-0.3, -0.25) is 0 Å². The Bertz CT molecular complexity index is 1310. The van der Waals surface area contributed by atoms with E-state index in [1.54, 1.807) is 0 Å². The minimum atomic E-state index is 0.601. The molecule has 5 aromatic rings. The molecule has 0 fully saturated rings. The van der Waals surface area contributed by atoms with Gasteiger partial charge < -0.3 is 0 Å². The lowest BCUT2D eigenvalue weighted by molar-refractivity contribution is 1.08. The number of fused-ring (bicyclic) bond motifs is 1. The summed E-state index contributed by atoms with van der Waals surface area (Å²) in [5.74, 6) is 1.88. The molecule has 4 aromatic carbocycles. The molecule has 0 radical (unpaired) electrons. The van der Waals surface area contributed by atoms with Gasteiger partial charge in [0.15, 0.2) is 17.5 Å². The molecule has 0 N–H and O–H groups in total. The van der Waals surface area contributed by atoms with Crippen LogP contribution in [0, 0.1) is 0 Å². The SMILES string of the molecule is Clc1cccc(-c2nc(-c3ccccc3)nc(-c3cccc4ccccc34)n2)c1. The van der Waals surface area contributed by atoms with Crippen LogP contribution in [0.3, 0.4) is 0 Å². The Morgan fingerprint density at radius 2 is 1.14 bits per heavy atom. The molecular formula is C25H16ClN3. The number of hydrogen-bond donors (Lipinski definition) is 0. The minimum Gasteiger partial charge on any atom is -0.208 e. The van der Waals surface area contributed by atoms with E-state index in [1.807, 2.05) is 78.9 Å². The molecule has 0 unspecified atom stereocenters. The topological polar surface area (TPSA) is 38.7 Å². The quantitative estimate of drug-likeness (QED) is 0.343. The van der Waals surface area contributed by atoms with E-state index in [0.29, 0.717) is 22.5 Å². The van der Waals surface area contributed by atoms with E-state index in [4.69, 9.17) is 26.6 Å². The monoisotopic (exact) mass is 393 g/mol. The normalized spacial score (nSPS) is 10.9. The standard InChI is InChI=1S/C25H16ClN3/c26-20-13-6-12-19(16-20)24-27-23(18-9-2-1-3-10-18)28-25(29-24)22-15-7-11-17-8-4-5-14-21(17)22/h1-16H. The van der Waals surface area contributed by atoms with Crippen LogP contribution in [0.5, 0.6) is 0 Å². The van der Waals surface area contributed by atoms with Crippen molar-refractivity contribution in [3.05, 3.63) is 102 Å². The van der Waals surface area contributed by atoms with E-state index in [2.05, 4.69) is 18.2 Å². The van der Waals surface area contributed by atoms with E-state index < -0.39 is 0 Å². The summed E-state index contributed by atoms with van der Waals surface area (Å²) in [5, 5.41) is 2.91. The highest BCUT2D eigenvalue weighted by Gasteiger charge is 2.14. The molecule has 29 heavy (non-hydrogen) atoms. The van der Waals surface area contributed by atoms with Crippen LogP contribution in [0.15, 0.2) is 97.1 Å². The summed E-state index contributed by atoms with van der Waals surface area (Å²) in [6.45, 7) is 0. The second kappa shape index (κ2) is 7.46. The number of halogens is 1. The molecule has 0 aliphatic carbocycles. The van der Waals surface area contributed by atoms with Crippen molar-refractivity contribution in [3.8, 4) is 34.2 Å². The van der Waals surface area contributed by atoms with Crippen molar-refractivity contribution in [2.45, 2.75) is 0 Å². The maximum absolute atomic E-state index is 6.22. The first-order valence-corrected chi connectivity index (χ1v) is 9.71. The predicted molar refractivity (Wildman–Crippen MR) is 119 cm³/mol. The molecule has 0 saturated heterocycles. The lowest BCUT2D eigenvalue weighted by atomic mass is 10.0. The zero-order valence-corrected chi connectivity index (χ0v) is 16.2. The van der Waals surface area contributed by atoms with Crippen molar-refractivity contribution < 1.29 is 0 Å². The van der Waals surface area contributed by atoms with Crippen LogP contribution in [0.2, 0.25) is 5.02 Å². The second-order valence-electron chi connectivity index (χ2n) is 6.71. The highest BCUT2D eigenvalue weighted by molar-refractivity contribution is 6.30. The predicted octanol–water partition coefficient (Wildman–Crippen LogP) is 6.68. The van der Waals surface area contributed by atoms with Crippen LogP contribution >= 0.6 is 11.6 Å². The molecule has 0 amide bonds. The molecule has 0 aliphatic rings. The summed E-state index contributed by atoms with van der Waals surface area (Å²) in [6, 6.07) is 32.0. The molecule has 4 heteroatoms. The molecule has 138 valence electrons. The highest BCUT2D eigenvalue weighted by Crippen LogP contribution is 2.30. The fourth-order valence-corrected chi connectivity index (χ4v) is 3.58. The van der Waals surface area contributed by atoms with Gasteiger partial charge in [-0.05, 0) is 22.9 Å². The fourth-order valence-electron chi connectivity index (χ4n) is 3.39. The smallest absolute Gasteiger partial charge is 0.164 e. The lowest BCUT2D eigenvalue weighted by Crippen LogP contribution is -2.00. The molecule has 5 rings (SSSR count). The average Bonchev–Trinajstić information content (AvgIpc) is 2.79. The van der Waals surface area contributed by atoms with Crippen LogP contribution in [-0.2, 0) is 0 Å². The maximum Gasteiger partial charge on any atom is 0.164 e. The number of aromatic nitrogens is 3. The molecular weight excluding hydrogens is 378 g/mol. The zero-order chi connectivity index (χ0) is 19.6. The number of hydrogen-bond acceptors (Lipinski definition) is 3. The Morgan fingerprint density at radius 3 is 1.97 bits per heavy atom. The largest absolute Gasteiger partial charge is 0.208 e. The van der Waals surface area contributed by atoms with Crippen molar-refractivity contribution in [3.63, 3.8) is 0 Å². The molecule has 0 bridgehead atoms. The van der Waals surface area contributed by atoms with Crippen molar-refractivity contribution in [2.75, 3.05) is 0 Å². The van der Waals surface area contributed by atoms with Gasteiger partial charge in [0.1, 0.15) is 0 Å². The van der Waals surface area contributed by atoms with E-state index >= 15 is 0 Å². The molecule has 0 atom stereocenters. The van der Waals surface area contributed by atoms with Crippen molar-refractivity contribution >= 4 is 22.4 Å². The van der Waals surface area contributed by atoms with Crippen molar-refractivity contribution in [1.82, 2.24) is 15.0 Å². The first-order chi connectivity index (χ1) is 14.3. The Kier molecular flexibility index (Phi) is 4.51. The summed E-state index contributed by atoms with van der Waals surface area (Å²) in [5.41, 5.74) is 2.78. The van der Waals surface area contributed by atoms with Crippen LogP contribution in [0.4, 0.5) is 0 Å². The van der Waals surface area contributed by atoms with Crippen LogP contribution in [-0.4, -0.2) is 15.0 Å². The van der Waals surface area contributed by atoms with Gasteiger partial charge in [0.25, 0.3) is 0 Å². The first kappa shape index (κ1) is 17.5. The Labute approximate surface area is 173 Å². The Hall–Kier alpha value is -3.56. The second-order valence-corrected chi connectivity index (χ2v) is 7.15. The van der Waals surface area contributed by atoms with E-state index in [1.165, 1.54) is 0 Å². The molecule has 1 heterocycles. The fraction of sp³-hybridized carbons (Fsp3) is 0. The third kappa shape index (κ3) is 3.48. The molecule has 1 aromatic heterocycles. The van der Waals surface area contributed by atoms with Gasteiger partial charge in [-0.2, -0.15) is 0 Å². The van der Waals surface area contributed by atoms with E-state index in [9.17, 15) is 0 Å². The zero-order valence-electron chi connectivity index (χ0n) is 15.5. The van der Waals surface area contributed by atoms with Gasteiger partial charge in [0.05, 0.1) is 0 Å². The number of nitrogens with zero attached hydrogens (tertiary/aromatic N) is 3. The van der Waals surface area contributed by atoms with Gasteiger partial charge in [0, 0.05) is 21.7 Å². The lowest BCUT2D eigenvalue weighted by Gasteiger charge is -2.10. The van der Waals surface area contributed by atoms with Gasteiger partial charge >= 0.3 is 0 Å². The molecule has 0 saturated carbocycles. The van der Waals surface area contributed by atoms with Gasteiger partial charge in [-0.15, -0.1) is 0 Å². The van der Waals surface area contributed by atoms with Crippen LogP contribution in [0.25, 0.3) is 44.9 Å². The van der Waals surface area contributed by atoms with Gasteiger partial charge in [0.2, 0.25) is 0 Å². The minimum absolute atomic E-state index is 0.601. The summed E-state index contributed by atoms with van der Waals surface area (Å²) in [6.07, 6.45) is 0. The van der Waals surface area contributed by atoms with Gasteiger partial charge in [-0.25, -0.2) is 15.0 Å². The molecule has 0 aliphatic heterocycles. The van der Waals surface area contributed by atoms with Crippen LogP contribution < -0.4 is 0 Å². The molecule has 3 nitrogen and oxygen atoms in total. The third-order valence-corrected chi connectivity index (χ3v) is 5.02. The van der Waals surface area contributed by atoms with Crippen LogP contribution in [0.1, 0.15) is 0 Å². The van der Waals surface area contributed by atoms with Gasteiger partial charge in [-0.1, -0.05) is 96.5 Å². The number of rotatable bonds is 3. The van der Waals surface area contributed by atoms with Crippen molar-refractivity contribution in [2.24, 2.45) is 0 Å². The van der Waals surface area contributed by atoms with E-state index in [-0.39, 0.29) is 0 Å². The summed E-state index contributed by atoms with van der Waals surface area (Å²) < 4.78 is 0. The van der Waals surface area contributed by atoms with E-state index in [0.717, 1.165) is 27.5 Å². The summed E-state index contributed by atoms with van der Waals surface area (Å²) in [7, 11) is 0. The first-order valence-electron chi connectivity index (χ1n) is 9.33. The highest BCUT2D eigenvalue weighted by atomic mass is 35.5. The Balaban J connectivity index is 1.78. The summed E-state index contributed by atoms with van der Waals surface area (Å²) in [4.78, 5) is 14.4. The average molecular weight is 394 g/mol. The maximum atomic E-state index is 6.22. The third-order valence-electron chi connectivity index (χ3n) is 4.78. The van der Waals surface area contributed by atoms with Crippen molar-refractivity contribution in [1.29, 1.82) is 0 Å². The Morgan fingerprint density at radius 1 is 0.517 bits per heavy atom.